The number of hydrogen-bond donors (Lipinski definition) is 0. The molecule has 0 saturated carbocycles. The minimum Gasteiger partial charge on any atom is -0.456 e. The second-order valence-electron chi connectivity index (χ2n) is 5.92. The monoisotopic (exact) mass is 414 g/mol. The van der Waals surface area contributed by atoms with Crippen molar-refractivity contribution in [2.24, 2.45) is 0 Å². The molecular formula is C21H16F2N2O3S. The Bertz CT molecular complexity index is 1070. The van der Waals surface area contributed by atoms with Crippen molar-refractivity contribution in [3.05, 3.63) is 82.9 Å². The molecule has 0 atom stereocenters. The summed E-state index contributed by atoms with van der Waals surface area (Å²) in [4.78, 5) is 29.3. The number of anilines is 2. The van der Waals surface area contributed by atoms with Gasteiger partial charge in [-0.15, -0.1) is 11.3 Å². The smallest absolute Gasteiger partial charge is 0.331 e. The number of halogens is 2. The minimum atomic E-state index is -0.624. The van der Waals surface area contributed by atoms with Gasteiger partial charge in [0.05, 0.1) is 11.4 Å². The van der Waals surface area contributed by atoms with E-state index in [0.29, 0.717) is 11.3 Å². The quantitative estimate of drug-likeness (QED) is 0.427. The van der Waals surface area contributed by atoms with Gasteiger partial charge in [0.2, 0.25) is 5.91 Å². The molecule has 0 saturated heterocycles. The lowest BCUT2D eigenvalue weighted by molar-refractivity contribution is -0.139. The molecule has 0 aliphatic carbocycles. The van der Waals surface area contributed by atoms with E-state index in [1.807, 2.05) is 0 Å². The average Bonchev–Trinajstić information content (AvgIpc) is 3.15. The van der Waals surface area contributed by atoms with Crippen molar-refractivity contribution in [3.8, 4) is 0 Å². The van der Waals surface area contributed by atoms with E-state index in [0.717, 1.165) is 16.2 Å². The number of para-hydroxylation sites is 1. The van der Waals surface area contributed by atoms with Gasteiger partial charge < -0.3 is 4.74 Å². The third-order valence-corrected chi connectivity index (χ3v) is 4.64. The standard InChI is InChI=1S/C21H16F2N2O3S/c1-14(26)25(19-8-3-2-7-18(19)23)21-24-17(13-29-21)12-28-20(27)10-9-15-5-4-6-16(22)11-15/h2-11,13H,12H2,1H3/b10-9+. The average molecular weight is 414 g/mol. The van der Waals surface area contributed by atoms with Gasteiger partial charge in [0.25, 0.3) is 0 Å². The van der Waals surface area contributed by atoms with Crippen molar-refractivity contribution < 1.29 is 23.1 Å². The van der Waals surface area contributed by atoms with E-state index in [2.05, 4.69) is 4.98 Å². The zero-order valence-corrected chi connectivity index (χ0v) is 16.2. The topological polar surface area (TPSA) is 59.5 Å². The Kier molecular flexibility index (Phi) is 6.46. The Morgan fingerprint density at radius 3 is 2.69 bits per heavy atom. The number of amides is 1. The van der Waals surface area contributed by atoms with Crippen LogP contribution in [0.2, 0.25) is 0 Å². The third kappa shape index (κ3) is 5.32. The molecule has 0 spiro atoms. The highest BCUT2D eigenvalue weighted by atomic mass is 32.1. The first-order chi connectivity index (χ1) is 13.9. The predicted molar refractivity (Wildman–Crippen MR) is 107 cm³/mol. The summed E-state index contributed by atoms with van der Waals surface area (Å²) >= 11 is 1.13. The summed E-state index contributed by atoms with van der Waals surface area (Å²) in [7, 11) is 0. The fraction of sp³-hybridized carbons (Fsp3) is 0.0952. The Morgan fingerprint density at radius 2 is 1.97 bits per heavy atom. The molecule has 3 rings (SSSR count). The van der Waals surface area contributed by atoms with Crippen LogP contribution in [0.1, 0.15) is 18.2 Å². The van der Waals surface area contributed by atoms with Crippen LogP contribution in [0.5, 0.6) is 0 Å². The molecule has 0 aliphatic rings. The first kappa shape index (κ1) is 20.3. The molecule has 8 heteroatoms. The maximum absolute atomic E-state index is 14.1. The molecule has 29 heavy (non-hydrogen) atoms. The van der Waals surface area contributed by atoms with Crippen LogP contribution in [-0.2, 0) is 20.9 Å². The summed E-state index contributed by atoms with van der Waals surface area (Å²) in [6.45, 7) is 1.19. The maximum atomic E-state index is 14.1. The first-order valence-electron chi connectivity index (χ1n) is 8.54. The fourth-order valence-corrected chi connectivity index (χ4v) is 3.34. The van der Waals surface area contributed by atoms with Gasteiger partial charge in [-0.2, -0.15) is 0 Å². The summed E-state index contributed by atoms with van der Waals surface area (Å²) in [5.41, 5.74) is 1.04. The Morgan fingerprint density at radius 1 is 1.17 bits per heavy atom. The van der Waals surface area contributed by atoms with Crippen molar-refractivity contribution in [1.82, 2.24) is 4.98 Å². The zero-order valence-electron chi connectivity index (χ0n) is 15.3. The molecule has 1 amide bonds. The number of esters is 1. The molecule has 148 valence electrons. The summed E-state index contributed by atoms with van der Waals surface area (Å²) in [5, 5.41) is 1.89. The lowest BCUT2D eigenvalue weighted by Crippen LogP contribution is -2.23. The molecule has 0 N–H and O–H groups in total. The molecule has 0 bridgehead atoms. The number of carbonyl (C=O) groups is 2. The molecule has 0 aliphatic heterocycles. The second kappa shape index (κ2) is 9.20. The number of aromatic nitrogens is 1. The summed E-state index contributed by atoms with van der Waals surface area (Å²) in [6, 6.07) is 11.7. The van der Waals surface area contributed by atoms with Crippen molar-refractivity contribution in [2.45, 2.75) is 13.5 Å². The zero-order chi connectivity index (χ0) is 20.8. The largest absolute Gasteiger partial charge is 0.456 e. The number of benzene rings is 2. The van der Waals surface area contributed by atoms with Crippen LogP contribution in [0.3, 0.4) is 0 Å². The van der Waals surface area contributed by atoms with Crippen LogP contribution in [0.4, 0.5) is 19.6 Å². The van der Waals surface area contributed by atoms with Gasteiger partial charge in [-0.25, -0.2) is 18.6 Å². The number of rotatable bonds is 6. The van der Waals surface area contributed by atoms with Gasteiger partial charge in [0, 0.05) is 18.4 Å². The lowest BCUT2D eigenvalue weighted by atomic mass is 10.2. The van der Waals surface area contributed by atoms with Gasteiger partial charge in [-0.05, 0) is 35.9 Å². The highest BCUT2D eigenvalue weighted by Gasteiger charge is 2.21. The first-order valence-corrected chi connectivity index (χ1v) is 9.42. The van der Waals surface area contributed by atoms with E-state index < -0.39 is 23.5 Å². The van der Waals surface area contributed by atoms with Gasteiger partial charge in [-0.3, -0.25) is 9.69 Å². The van der Waals surface area contributed by atoms with Crippen LogP contribution >= 0.6 is 11.3 Å². The summed E-state index contributed by atoms with van der Waals surface area (Å²) in [6.07, 6.45) is 2.62. The van der Waals surface area contributed by atoms with E-state index in [1.165, 1.54) is 55.5 Å². The molecule has 0 unspecified atom stereocenters. The normalized spacial score (nSPS) is 10.9. The number of ether oxygens (including phenoxy) is 1. The molecule has 0 fully saturated rings. The number of carbonyl (C=O) groups excluding carboxylic acids is 2. The molecule has 0 radical (unpaired) electrons. The van der Waals surface area contributed by atoms with Crippen LogP contribution < -0.4 is 4.90 Å². The molecule has 5 nitrogen and oxygen atoms in total. The molecule has 2 aromatic carbocycles. The summed E-state index contributed by atoms with van der Waals surface area (Å²) in [5.74, 6) is -1.97. The summed E-state index contributed by atoms with van der Waals surface area (Å²) < 4.78 is 32.3. The second-order valence-corrected chi connectivity index (χ2v) is 6.76. The van der Waals surface area contributed by atoms with Crippen molar-refractivity contribution in [1.29, 1.82) is 0 Å². The molecule has 3 aromatic rings. The SMILES string of the molecule is CC(=O)N(c1nc(COC(=O)/C=C/c2cccc(F)c2)cs1)c1ccccc1F. The number of nitrogens with zero attached hydrogens (tertiary/aromatic N) is 2. The molecular weight excluding hydrogens is 398 g/mol. The van der Waals surface area contributed by atoms with E-state index in [9.17, 15) is 18.4 Å². The van der Waals surface area contributed by atoms with Gasteiger partial charge in [0.15, 0.2) is 5.13 Å². The van der Waals surface area contributed by atoms with E-state index >= 15 is 0 Å². The fourth-order valence-electron chi connectivity index (χ4n) is 2.47. The van der Waals surface area contributed by atoms with E-state index in [4.69, 9.17) is 4.74 Å². The van der Waals surface area contributed by atoms with E-state index in [1.54, 1.807) is 17.5 Å². The maximum Gasteiger partial charge on any atom is 0.331 e. The third-order valence-electron chi connectivity index (χ3n) is 3.76. The van der Waals surface area contributed by atoms with Crippen molar-refractivity contribution in [3.63, 3.8) is 0 Å². The van der Waals surface area contributed by atoms with Crippen LogP contribution in [-0.4, -0.2) is 16.9 Å². The van der Waals surface area contributed by atoms with Gasteiger partial charge in [-0.1, -0.05) is 24.3 Å². The Labute approximate surface area is 169 Å². The van der Waals surface area contributed by atoms with Crippen LogP contribution in [0.25, 0.3) is 6.08 Å². The van der Waals surface area contributed by atoms with Crippen LogP contribution in [0.15, 0.2) is 60.0 Å². The van der Waals surface area contributed by atoms with Crippen molar-refractivity contribution in [2.75, 3.05) is 4.90 Å². The van der Waals surface area contributed by atoms with Crippen LogP contribution in [0, 0.1) is 11.6 Å². The Balaban J connectivity index is 1.66. The van der Waals surface area contributed by atoms with Crippen molar-refractivity contribution >= 4 is 40.1 Å². The highest BCUT2D eigenvalue weighted by Crippen LogP contribution is 2.30. The van der Waals surface area contributed by atoms with Gasteiger partial charge in [0.1, 0.15) is 18.2 Å². The Hall–Kier alpha value is -3.39. The molecule has 1 heterocycles. The van der Waals surface area contributed by atoms with E-state index in [-0.39, 0.29) is 17.4 Å². The van der Waals surface area contributed by atoms with Gasteiger partial charge >= 0.3 is 5.97 Å². The lowest BCUT2D eigenvalue weighted by Gasteiger charge is -2.18. The predicted octanol–water partition coefficient (Wildman–Crippen LogP) is 4.86. The highest BCUT2D eigenvalue weighted by molar-refractivity contribution is 7.14. The number of hydrogen-bond acceptors (Lipinski definition) is 5. The molecule has 1 aromatic heterocycles. The minimum absolute atomic E-state index is 0.0934. The number of thiazole rings is 1.